The summed E-state index contributed by atoms with van der Waals surface area (Å²) in [6.45, 7) is 4.79. The minimum absolute atomic E-state index is 0.727. The first-order valence-electron chi connectivity index (χ1n) is 6.49. The number of thiazole rings is 1. The number of hydrogen-bond donors (Lipinski definition) is 1. The lowest BCUT2D eigenvalue weighted by molar-refractivity contribution is 0.588. The molecule has 0 atom stereocenters. The van der Waals surface area contributed by atoms with Crippen molar-refractivity contribution in [2.75, 3.05) is 6.54 Å². The van der Waals surface area contributed by atoms with Gasteiger partial charge in [0.05, 0.1) is 17.9 Å². The van der Waals surface area contributed by atoms with Crippen LogP contribution in [0.4, 0.5) is 0 Å². The maximum Gasteiger partial charge on any atom is 0.193 e. The molecule has 5 nitrogen and oxygen atoms in total. The van der Waals surface area contributed by atoms with Crippen LogP contribution >= 0.6 is 11.3 Å². The first kappa shape index (κ1) is 12.4. The first-order valence-corrected chi connectivity index (χ1v) is 7.37. The van der Waals surface area contributed by atoms with Crippen molar-refractivity contribution in [2.24, 2.45) is 0 Å². The second-order valence-electron chi connectivity index (χ2n) is 4.48. The molecule has 3 aromatic rings. The highest BCUT2D eigenvalue weighted by molar-refractivity contribution is 7.15. The van der Waals surface area contributed by atoms with Crippen LogP contribution in [0.15, 0.2) is 30.0 Å². The highest BCUT2D eigenvalue weighted by Gasteiger charge is 2.07. The minimum atomic E-state index is 0.727. The Kier molecular flexibility index (Phi) is 3.61. The number of hydrogen-bond acceptors (Lipinski definition) is 4. The van der Waals surface area contributed by atoms with Gasteiger partial charge in [-0.3, -0.25) is 9.08 Å². The normalized spacial score (nSPS) is 11.4. The number of nitrogens with one attached hydrogen (secondary N) is 1. The second kappa shape index (κ2) is 5.54. The Morgan fingerprint density at radius 2 is 2.37 bits per heavy atom. The Bertz CT molecular complexity index is 622. The van der Waals surface area contributed by atoms with E-state index in [9.17, 15) is 0 Å². The van der Waals surface area contributed by atoms with Crippen molar-refractivity contribution in [2.45, 2.75) is 26.4 Å². The van der Waals surface area contributed by atoms with Crippen LogP contribution < -0.4 is 5.32 Å². The Labute approximate surface area is 115 Å². The van der Waals surface area contributed by atoms with Gasteiger partial charge in [0, 0.05) is 30.5 Å². The minimum Gasteiger partial charge on any atom is -0.311 e. The highest BCUT2D eigenvalue weighted by Crippen LogP contribution is 2.12. The third kappa shape index (κ3) is 2.69. The first-order chi connectivity index (χ1) is 9.36. The molecule has 0 amide bonds. The van der Waals surface area contributed by atoms with Gasteiger partial charge in [0.25, 0.3) is 0 Å². The largest absolute Gasteiger partial charge is 0.311 e. The van der Waals surface area contributed by atoms with E-state index in [1.807, 2.05) is 22.5 Å². The summed E-state index contributed by atoms with van der Waals surface area (Å²) in [5.74, 6) is 0. The van der Waals surface area contributed by atoms with E-state index in [1.165, 1.54) is 5.69 Å². The van der Waals surface area contributed by atoms with Crippen molar-refractivity contribution in [3.05, 3.63) is 41.4 Å². The van der Waals surface area contributed by atoms with Crippen LogP contribution in [-0.2, 0) is 13.1 Å². The van der Waals surface area contributed by atoms with Crippen LogP contribution in [0.5, 0.6) is 0 Å². The molecule has 1 N–H and O–H groups in total. The maximum absolute atomic E-state index is 4.59. The van der Waals surface area contributed by atoms with Crippen molar-refractivity contribution in [1.29, 1.82) is 0 Å². The third-order valence-electron chi connectivity index (χ3n) is 2.99. The van der Waals surface area contributed by atoms with E-state index in [-0.39, 0.29) is 0 Å². The van der Waals surface area contributed by atoms with Gasteiger partial charge in [-0.25, -0.2) is 4.98 Å². The van der Waals surface area contributed by atoms with Crippen molar-refractivity contribution < 1.29 is 0 Å². The van der Waals surface area contributed by atoms with Crippen LogP contribution in [0, 0.1) is 0 Å². The summed E-state index contributed by atoms with van der Waals surface area (Å²) in [5.41, 5.74) is 2.25. The Morgan fingerprint density at radius 1 is 1.42 bits per heavy atom. The van der Waals surface area contributed by atoms with Gasteiger partial charge in [0.15, 0.2) is 4.96 Å². The molecule has 0 unspecified atom stereocenters. The molecule has 3 aromatic heterocycles. The summed E-state index contributed by atoms with van der Waals surface area (Å²) < 4.78 is 4.06. The van der Waals surface area contributed by atoms with Gasteiger partial charge in [-0.2, -0.15) is 5.10 Å². The Balaban J connectivity index is 1.72. The number of rotatable bonds is 6. The molecular formula is C13H17N5S. The average molecular weight is 275 g/mol. The molecule has 3 rings (SSSR count). The van der Waals surface area contributed by atoms with E-state index < -0.39 is 0 Å². The zero-order valence-electron chi connectivity index (χ0n) is 10.9. The van der Waals surface area contributed by atoms with Crippen molar-refractivity contribution in [3.63, 3.8) is 0 Å². The molecule has 0 radical (unpaired) electrons. The lowest BCUT2D eigenvalue weighted by Gasteiger charge is -2.06. The highest BCUT2D eigenvalue weighted by atomic mass is 32.1. The van der Waals surface area contributed by atoms with Crippen molar-refractivity contribution >= 4 is 16.3 Å². The van der Waals surface area contributed by atoms with Crippen LogP contribution in [0.2, 0.25) is 0 Å². The zero-order chi connectivity index (χ0) is 13.1. The summed E-state index contributed by atoms with van der Waals surface area (Å²) in [4.78, 5) is 5.62. The Morgan fingerprint density at radius 3 is 3.21 bits per heavy atom. The standard InChI is InChI=1S/C13H17N5S/c1-2-4-14-8-12-3-5-15-18(12)10-11-9-17-6-7-19-13(17)16-11/h3,5-7,9,14H,2,4,8,10H2,1H3. The van der Waals surface area contributed by atoms with Gasteiger partial charge in [-0.15, -0.1) is 11.3 Å². The molecular weight excluding hydrogens is 258 g/mol. The van der Waals surface area contributed by atoms with Crippen LogP contribution in [0.3, 0.4) is 0 Å². The monoisotopic (exact) mass is 275 g/mol. The van der Waals surface area contributed by atoms with Gasteiger partial charge in [0.2, 0.25) is 0 Å². The summed E-state index contributed by atoms with van der Waals surface area (Å²) in [6, 6.07) is 2.06. The van der Waals surface area contributed by atoms with Crippen LogP contribution in [-0.4, -0.2) is 25.7 Å². The summed E-state index contributed by atoms with van der Waals surface area (Å²) >= 11 is 1.65. The van der Waals surface area contributed by atoms with E-state index in [0.717, 1.165) is 36.7 Å². The summed E-state index contributed by atoms with van der Waals surface area (Å²) in [7, 11) is 0. The molecule has 0 aliphatic heterocycles. The average Bonchev–Trinajstić information content (AvgIpc) is 3.06. The predicted molar refractivity (Wildman–Crippen MR) is 76.4 cm³/mol. The van der Waals surface area contributed by atoms with Gasteiger partial charge >= 0.3 is 0 Å². The fraction of sp³-hybridized carbons (Fsp3) is 0.385. The SMILES string of the molecule is CCCNCc1ccnn1Cc1cn2ccsc2n1. The molecule has 0 saturated heterocycles. The van der Waals surface area contributed by atoms with E-state index >= 15 is 0 Å². The maximum atomic E-state index is 4.59. The molecule has 3 heterocycles. The smallest absolute Gasteiger partial charge is 0.193 e. The summed E-state index contributed by atoms with van der Waals surface area (Å²) in [6.07, 6.45) is 7.09. The van der Waals surface area contributed by atoms with Crippen molar-refractivity contribution in [1.82, 2.24) is 24.5 Å². The topological polar surface area (TPSA) is 47.2 Å². The van der Waals surface area contributed by atoms with Crippen LogP contribution in [0.1, 0.15) is 24.7 Å². The second-order valence-corrected chi connectivity index (χ2v) is 5.36. The predicted octanol–water partition coefficient (Wildman–Crippen LogP) is 2.14. The zero-order valence-corrected chi connectivity index (χ0v) is 11.7. The molecule has 19 heavy (non-hydrogen) atoms. The van der Waals surface area contributed by atoms with Crippen LogP contribution in [0.25, 0.3) is 4.96 Å². The number of nitrogens with zero attached hydrogens (tertiary/aromatic N) is 4. The van der Waals surface area contributed by atoms with Crippen molar-refractivity contribution in [3.8, 4) is 0 Å². The number of imidazole rings is 1. The molecule has 0 saturated carbocycles. The molecule has 0 aromatic carbocycles. The molecule has 0 bridgehead atoms. The number of aromatic nitrogens is 4. The molecule has 0 aliphatic rings. The van der Waals surface area contributed by atoms with E-state index in [0.29, 0.717) is 0 Å². The number of fused-ring (bicyclic) bond motifs is 1. The fourth-order valence-corrected chi connectivity index (χ4v) is 2.77. The van der Waals surface area contributed by atoms with Gasteiger partial charge < -0.3 is 5.32 Å². The van der Waals surface area contributed by atoms with E-state index in [4.69, 9.17) is 0 Å². The lowest BCUT2D eigenvalue weighted by Crippen LogP contribution is -2.17. The molecule has 0 aliphatic carbocycles. The molecule has 0 fully saturated rings. The quantitative estimate of drug-likeness (QED) is 0.701. The van der Waals surface area contributed by atoms with Gasteiger partial charge in [0.1, 0.15) is 0 Å². The fourth-order valence-electron chi connectivity index (χ4n) is 2.05. The van der Waals surface area contributed by atoms with E-state index in [2.05, 4.69) is 39.0 Å². The summed E-state index contributed by atoms with van der Waals surface area (Å²) in [5, 5.41) is 9.82. The van der Waals surface area contributed by atoms with E-state index in [1.54, 1.807) is 11.3 Å². The van der Waals surface area contributed by atoms with Gasteiger partial charge in [-0.1, -0.05) is 6.92 Å². The lowest BCUT2D eigenvalue weighted by atomic mass is 10.4. The Hall–Kier alpha value is -1.66. The molecule has 100 valence electrons. The third-order valence-corrected chi connectivity index (χ3v) is 3.76. The molecule has 6 heteroatoms. The van der Waals surface area contributed by atoms with Gasteiger partial charge in [-0.05, 0) is 19.0 Å². The molecule has 0 spiro atoms.